The van der Waals surface area contributed by atoms with Gasteiger partial charge in [0.2, 0.25) is 0 Å². The van der Waals surface area contributed by atoms with Crippen LogP contribution in [0.2, 0.25) is 10.0 Å². The van der Waals surface area contributed by atoms with Crippen LogP contribution in [0.4, 0.5) is 4.79 Å². The summed E-state index contributed by atoms with van der Waals surface area (Å²) in [6, 6.07) is 12.6. The Bertz CT molecular complexity index is 785. The smallest absolute Gasteiger partial charge is 0.403 e. The second-order valence-corrected chi connectivity index (χ2v) is 7.14. The molecule has 0 radical (unpaired) electrons. The summed E-state index contributed by atoms with van der Waals surface area (Å²) in [5, 5.41) is 1.22. The molecule has 3 rings (SSSR count). The highest BCUT2D eigenvalue weighted by molar-refractivity contribution is 6.61. The van der Waals surface area contributed by atoms with Crippen LogP contribution in [0.15, 0.2) is 42.5 Å². The van der Waals surface area contributed by atoms with Gasteiger partial charge in [-0.3, -0.25) is 4.90 Å². The van der Waals surface area contributed by atoms with Gasteiger partial charge in [-0.05, 0) is 36.4 Å². The van der Waals surface area contributed by atoms with Crippen LogP contribution in [-0.2, 0) is 9.47 Å². The first-order valence-electron chi connectivity index (χ1n) is 8.40. The SMILES string of the molecule is O=C(Cl)OCCN1CCOC(c2ccc(Oc3ccc(Cl)cc3)cc2Cl)C1. The second kappa shape index (κ2) is 9.62. The van der Waals surface area contributed by atoms with Crippen molar-refractivity contribution in [1.82, 2.24) is 4.90 Å². The zero-order valence-corrected chi connectivity index (χ0v) is 16.6. The predicted molar refractivity (Wildman–Crippen MR) is 105 cm³/mol. The molecule has 2 aromatic carbocycles. The Balaban J connectivity index is 1.62. The molecule has 1 heterocycles. The van der Waals surface area contributed by atoms with E-state index in [0.717, 1.165) is 12.1 Å². The van der Waals surface area contributed by atoms with Gasteiger partial charge in [0.15, 0.2) is 0 Å². The standard InChI is InChI=1S/C19H18Cl3NO4/c20-13-1-3-14(4-2-13)27-15-5-6-16(17(21)11-15)18-12-23(7-9-25-18)8-10-26-19(22)24/h1-6,11,18H,7-10,12H2. The molecule has 1 aliphatic heterocycles. The lowest BCUT2D eigenvalue weighted by molar-refractivity contribution is -0.0338. The molecule has 0 spiro atoms. The lowest BCUT2D eigenvalue weighted by atomic mass is 10.1. The molecule has 5 nitrogen and oxygen atoms in total. The van der Waals surface area contributed by atoms with Gasteiger partial charge in [-0.25, -0.2) is 4.79 Å². The quantitative estimate of drug-likeness (QED) is 0.564. The number of benzene rings is 2. The van der Waals surface area contributed by atoms with Crippen LogP contribution in [0.3, 0.4) is 0 Å². The minimum absolute atomic E-state index is 0.164. The van der Waals surface area contributed by atoms with E-state index in [1.165, 1.54) is 0 Å². The van der Waals surface area contributed by atoms with E-state index in [1.54, 1.807) is 30.3 Å². The molecule has 144 valence electrons. The average molecular weight is 431 g/mol. The van der Waals surface area contributed by atoms with Gasteiger partial charge in [-0.2, -0.15) is 0 Å². The summed E-state index contributed by atoms with van der Waals surface area (Å²) in [6.07, 6.45) is -0.164. The van der Waals surface area contributed by atoms with Crippen LogP contribution < -0.4 is 4.74 Å². The molecule has 0 saturated carbocycles. The first-order chi connectivity index (χ1) is 13.0. The van der Waals surface area contributed by atoms with Gasteiger partial charge in [0.05, 0.1) is 17.7 Å². The van der Waals surface area contributed by atoms with Crippen molar-refractivity contribution in [3.05, 3.63) is 58.1 Å². The summed E-state index contributed by atoms with van der Waals surface area (Å²) in [4.78, 5) is 12.8. The predicted octanol–water partition coefficient (Wildman–Crippen LogP) is 5.53. The topological polar surface area (TPSA) is 48.0 Å². The van der Waals surface area contributed by atoms with E-state index in [4.69, 9.17) is 49.0 Å². The average Bonchev–Trinajstić information content (AvgIpc) is 2.64. The van der Waals surface area contributed by atoms with E-state index < -0.39 is 5.43 Å². The summed E-state index contributed by atoms with van der Waals surface area (Å²) in [7, 11) is 0. The molecule has 0 amide bonds. The Morgan fingerprint density at radius 3 is 2.59 bits per heavy atom. The number of halogens is 3. The van der Waals surface area contributed by atoms with Crippen LogP contribution in [-0.4, -0.2) is 43.2 Å². The van der Waals surface area contributed by atoms with Gasteiger partial charge in [-0.15, -0.1) is 0 Å². The largest absolute Gasteiger partial charge is 0.457 e. The summed E-state index contributed by atoms with van der Waals surface area (Å²) >= 11 is 17.5. The van der Waals surface area contributed by atoms with Crippen molar-refractivity contribution in [1.29, 1.82) is 0 Å². The highest BCUT2D eigenvalue weighted by Gasteiger charge is 2.24. The molecular formula is C19H18Cl3NO4. The van der Waals surface area contributed by atoms with Gasteiger partial charge in [0, 0.05) is 41.8 Å². The van der Waals surface area contributed by atoms with E-state index in [-0.39, 0.29) is 12.7 Å². The highest BCUT2D eigenvalue weighted by atomic mass is 35.5. The number of carbonyl (C=O) groups excluding carboxylic acids is 1. The van der Waals surface area contributed by atoms with Crippen LogP contribution in [0.25, 0.3) is 0 Å². The maximum Gasteiger partial charge on any atom is 0.403 e. The molecule has 0 aromatic heterocycles. The number of nitrogens with zero attached hydrogens (tertiary/aromatic N) is 1. The van der Waals surface area contributed by atoms with Crippen molar-refractivity contribution in [3.8, 4) is 11.5 Å². The Kier molecular flexibility index (Phi) is 7.21. The molecule has 0 aliphatic carbocycles. The summed E-state index contributed by atoms with van der Waals surface area (Å²) < 4.78 is 16.4. The van der Waals surface area contributed by atoms with Crippen molar-refractivity contribution < 1.29 is 19.0 Å². The van der Waals surface area contributed by atoms with Crippen LogP contribution in [0, 0.1) is 0 Å². The van der Waals surface area contributed by atoms with Crippen LogP contribution in [0.5, 0.6) is 11.5 Å². The van der Waals surface area contributed by atoms with Crippen molar-refractivity contribution in [2.75, 3.05) is 32.8 Å². The molecule has 1 fully saturated rings. The molecule has 8 heteroatoms. The summed E-state index contributed by atoms with van der Waals surface area (Å²) in [5.41, 5.74) is 0.0956. The molecule has 27 heavy (non-hydrogen) atoms. The maximum absolute atomic E-state index is 10.7. The number of morpholine rings is 1. The lowest BCUT2D eigenvalue weighted by Crippen LogP contribution is -2.40. The van der Waals surface area contributed by atoms with Gasteiger partial charge < -0.3 is 14.2 Å². The monoisotopic (exact) mass is 429 g/mol. The van der Waals surface area contributed by atoms with Crippen LogP contribution >= 0.6 is 34.8 Å². The second-order valence-electron chi connectivity index (χ2n) is 5.99. The number of hydrogen-bond donors (Lipinski definition) is 0. The summed E-state index contributed by atoms with van der Waals surface area (Å²) in [5.74, 6) is 1.31. The number of ether oxygens (including phenoxy) is 3. The fraction of sp³-hybridized carbons (Fsp3) is 0.316. The lowest BCUT2D eigenvalue weighted by Gasteiger charge is -2.33. The van der Waals surface area contributed by atoms with Gasteiger partial charge in [-0.1, -0.05) is 29.3 Å². The third-order valence-corrected chi connectivity index (χ3v) is 4.83. The van der Waals surface area contributed by atoms with E-state index in [2.05, 4.69) is 4.90 Å². The van der Waals surface area contributed by atoms with E-state index >= 15 is 0 Å². The first-order valence-corrected chi connectivity index (χ1v) is 9.54. The number of rotatable bonds is 6. The fourth-order valence-corrected chi connectivity index (χ4v) is 3.32. The van der Waals surface area contributed by atoms with Crippen molar-refractivity contribution in [2.24, 2.45) is 0 Å². The third-order valence-electron chi connectivity index (χ3n) is 4.14. The minimum atomic E-state index is -0.792. The van der Waals surface area contributed by atoms with Crippen LogP contribution in [0.1, 0.15) is 11.7 Å². The molecule has 0 N–H and O–H groups in total. The number of carbonyl (C=O) groups is 1. The van der Waals surface area contributed by atoms with Gasteiger partial charge in [0.1, 0.15) is 18.1 Å². The van der Waals surface area contributed by atoms with Crippen molar-refractivity contribution in [3.63, 3.8) is 0 Å². The normalized spacial score (nSPS) is 17.5. The molecule has 1 atom stereocenters. The Labute approximate surface area is 172 Å². The van der Waals surface area contributed by atoms with Crippen molar-refractivity contribution >= 4 is 40.2 Å². The highest BCUT2D eigenvalue weighted by Crippen LogP contribution is 2.33. The Morgan fingerprint density at radius 1 is 1.15 bits per heavy atom. The fourth-order valence-electron chi connectivity index (χ4n) is 2.82. The molecule has 1 aliphatic rings. The molecule has 1 unspecified atom stereocenters. The molecule has 1 saturated heterocycles. The molecular weight excluding hydrogens is 413 g/mol. The minimum Gasteiger partial charge on any atom is -0.457 e. The van der Waals surface area contributed by atoms with E-state index in [1.807, 2.05) is 12.1 Å². The van der Waals surface area contributed by atoms with Gasteiger partial charge >= 0.3 is 5.43 Å². The maximum atomic E-state index is 10.7. The third kappa shape index (κ3) is 5.99. The van der Waals surface area contributed by atoms with E-state index in [0.29, 0.717) is 41.2 Å². The first kappa shape index (κ1) is 20.2. The Morgan fingerprint density at radius 2 is 1.89 bits per heavy atom. The zero-order chi connectivity index (χ0) is 19.2. The number of hydrogen-bond acceptors (Lipinski definition) is 5. The van der Waals surface area contributed by atoms with Gasteiger partial charge in [0.25, 0.3) is 0 Å². The Hall–Kier alpha value is -1.50. The molecule has 2 aromatic rings. The molecule has 0 bridgehead atoms. The zero-order valence-electron chi connectivity index (χ0n) is 14.4. The van der Waals surface area contributed by atoms with Crippen molar-refractivity contribution in [2.45, 2.75) is 6.10 Å². The summed E-state index contributed by atoms with van der Waals surface area (Å²) in [6.45, 7) is 2.81. The van der Waals surface area contributed by atoms with E-state index in [9.17, 15) is 4.79 Å².